The fourth-order valence-corrected chi connectivity index (χ4v) is 5.96. The Labute approximate surface area is 162 Å². The van der Waals surface area contributed by atoms with E-state index in [4.69, 9.17) is 4.74 Å². The normalized spacial score (nSPS) is 37.0. The third kappa shape index (κ3) is 2.28. The van der Waals surface area contributed by atoms with Gasteiger partial charge in [-0.15, -0.1) is 0 Å². The molecule has 1 heterocycles. The van der Waals surface area contributed by atoms with E-state index in [0.29, 0.717) is 35.0 Å². The topological polar surface area (TPSA) is 63.6 Å². The predicted octanol–water partition coefficient (Wildman–Crippen LogP) is 4.89. The van der Waals surface area contributed by atoms with Gasteiger partial charge in [0.1, 0.15) is 22.7 Å². The average molecular weight is 373 g/mol. The summed E-state index contributed by atoms with van der Waals surface area (Å²) in [7, 11) is 0. The number of allylic oxidation sites excluding steroid dienone is 3. The fourth-order valence-electron chi connectivity index (χ4n) is 5.96. The third-order valence-corrected chi connectivity index (χ3v) is 7.95. The first-order valence-corrected chi connectivity index (χ1v) is 10.4. The number of aliphatic hydroxyl groups excluding tert-OH is 1. The largest absolute Gasteiger partial charge is 0.507 e. The summed E-state index contributed by atoms with van der Waals surface area (Å²) in [5.41, 5.74) is -0.0511. The molecular weight excluding hydrogens is 340 g/mol. The van der Waals surface area contributed by atoms with Crippen LogP contribution in [0, 0.1) is 28.6 Å². The van der Waals surface area contributed by atoms with Crippen LogP contribution in [0.2, 0.25) is 0 Å². The molecule has 1 spiro atoms. The number of hydrogen-bond donors (Lipinski definition) is 1. The second kappa shape index (κ2) is 5.48. The minimum Gasteiger partial charge on any atom is -0.507 e. The first kappa shape index (κ1) is 18.8. The number of fused-ring (bicyclic) bond motifs is 2. The third-order valence-electron chi connectivity index (χ3n) is 7.95. The van der Waals surface area contributed by atoms with Crippen molar-refractivity contribution in [2.24, 2.45) is 28.6 Å². The first-order valence-electron chi connectivity index (χ1n) is 10.4. The molecule has 3 aliphatic carbocycles. The van der Waals surface area contributed by atoms with E-state index in [9.17, 15) is 14.7 Å². The van der Waals surface area contributed by atoms with E-state index >= 15 is 0 Å². The zero-order valence-corrected chi connectivity index (χ0v) is 17.4. The van der Waals surface area contributed by atoms with Crippen LogP contribution >= 0.6 is 0 Å². The number of ketones is 2. The minimum absolute atomic E-state index is 0.0253. The van der Waals surface area contributed by atoms with E-state index in [1.54, 1.807) is 13.8 Å². The summed E-state index contributed by atoms with van der Waals surface area (Å²) < 4.78 is 6.67. The highest BCUT2D eigenvalue weighted by Crippen LogP contribution is 2.74. The molecule has 148 valence electrons. The van der Waals surface area contributed by atoms with Crippen molar-refractivity contribution >= 4 is 11.6 Å². The molecule has 0 aromatic heterocycles. The molecule has 0 aromatic carbocycles. The molecule has 3 atom stereocenters. The van der Waals surface area contributed by atoms with Gasteiger partial charge in [-0.2, -0.15) is 0 Å². The maximum Gasteiger partial charge on any atom is 0.183 e. The van der Waals surface area contributed by atoms with Crippen molar-refractivity contribution in [3.63, 3.8) is 0 Å². The van der Waals surface area contributed by atoms with Crippen LogP contribution in [-0.2, 0) is 14.3 Å². The zero-order chi connectivity index (χ0) is 19.9. The van der Waals surface area contributed by atoms with E-state index in [0.717, 1.165) is 12.8 Å². The van der Waals surface area contributed by atoms with Crippen molar-refractivity contribution < 1.29 is 19.4 Å². The highest BCUT2D eigenvalue weighted by Gasteiger charge is 2.71. The molecule has 1 N–H and O–H groups in total. The molecule has 0 saturated heterocycles. The molecule has 0 bridgehead atoms. The number of hydrogen-bond acceptors (Lipinski definition) is 4. The van der Waals surface area contributed by atoms with Gasteiger partial charge >= 0.3 is 0 Å². The molecule has 4 heteroatoms. The van der Waals surface area contributed by atoms with Gasteiger partial charge in [-0.05, 0) is 57.3 Å². The molecule has 2 saturated carbocycles. The van der Waals surface area contributed by atoms with Crippen molar-refractivity contribution in [3.8, 4) is 0 Å². The Kier molecular flexibility index (Phi) is 3.81. The second-order valence-corrected chi connectivity index (χ2v) is 10.3. The summed E-state index contributed by atoms with van der Waals surface area (Å²) in [5.74, 6) is 0.764. The maximum absolute atomic E-state index is 13.2. The number of carbonyl (C=O) groups excluding carboxylic acids is 2. The van der Waals surface area contributed by atoms with Gasteiger partial charge < -0.3 is 9.84 Å². The van der Waals surface area contributed by atoms with E-state index in [1.165, 1.54) is 12.8 Å². The van der Waals surface area contributed by atoms with Gasteiger partial charge in [0.2, 0.25) is 0 Å². The van der Waals surface area contributed by atoms with E-state index in [2.05, 4.69) is 13.8 Å². The Morgan fingerprint density at radius 3 is 2.33 bits per heavy atom. The lowest BCUT2D eigenvalue weighted by Gasteiger charge is -2.45. The highest BCUT2D eigenvalue weighted by molar-refractivity contribution is 6.24. The second-order valence-electron chi connectivity index (χ2n) is 10.3. The number of ether oxygens (including phenoxy) is 1. The maximum atomic E-state index is 13.2. The van der Waals surface area contributed by atoms with Crippen molar-refractivity contribution in [3.05, 3.63) is 22.7 Å². The van der Waals surface area contributed by atoms with Gasteiger partial charge in [-0.25, -0.2) is 0 Å². The Morgan fingerprint density at radius 2 is 1.81 bits per heavy atom. The van der Waals surface area contributed by atoms with E-state index in [-0.39, 0.29) is 34.4 Å². The van der Waals surface area contributed by atoms with E-state index in [1.807, 2.05) is 13.8 Å². The quantitative estimate of drug-likeness (QED) is 0.716. The Hall–Kier alpha value is -1.58. The Balaban J connectivity index is 1.75. The molecule has 1 aliphatic heterocycles. The number of Topliss-reactive ketones (excluding diaryl/α,β-unsaturated/α-hetero) is 2. The summed E-state index contributed by atoms with van der Waals surface area (Å²) in [6, 6.07) is 0. The Bertz CT molecular complexity index is 797. The molecule has 0 radical (unpaired) electrons. The van der Waals surface area contributed by atoms with E-state index < -0.39 is 5.41 Å². The van der Waals surface area contributed by atoms with Crippen molar-refractivity contribution in [1.29, 1.82) is 0 Å². The Morgan fingerprint density at radius 1 is 1.15 bits per heavy atom. The molecule has 4 rings (SSSR count). The van der Waals surface area contributed by atoms with Crippen LogP contribution in [-0.4, -0.2) is 22.3 Å². The van der Waals surface area contributed by atoms with Gasteiger partial charge in [0.05, 0.1) is 5.41 Å². The lowest BCUT2D eigenvalue weighted by atomic mass is 9.70. The number of rotatable bonds is 3. The number of carbonyl (C=O) groups is 2. The van der Waals surface area contributed by atoms with Crippen LogP contribution in [0.3, 0.4) is 0 Å². The van der Waals surface area contributed by atoms with Crippen LogP contribution < -0.4 is 0 Å². The van der Waals surface area contributed by atoms with Crippen LogP contribution in [0.15, 0.2) is 22.7 Å². The number of aliphatic hydroxyl groups is 1. The molecule has 27 heavy (non-hydrogen) atoms. The molecular formula is C23H32O4. The molecule has 2 fully saturated rings. The minimum atomic E-state index is -0.910. The summed E-state index contributed by atoms with van der Waals surface area (Å²) in [5, 5.41) is 10.8. The van der Waals surface area contributed by atoms with Crippen LogP contribution in [0.5, 0.6) is 0 Å². The lowest BCUT2D eigenvalue weighted by molar-refractivity contribution is -0.131. The fraction of sp³-hybridized carbons (Fsp3) is 0.739. The molecule has 4 aliphatic rings. The highest BCUT2D eigenvalue weighted by atomic mass is 16.5. The standard InChI is InChI=1S/C23H32O4/c1-12(2)17(24)16-18(25)14-7-8-23(27-20(14)21(5,6)19(16)26)10-9-22(13(3)4)11-15(22)23/h12-13,15,25H,7-11H2,1-6H3/t15-,22+,23+/m1/s1. The van der Waals surface area contributed by atoms with Crippen LogP contribution in [0.4, 0.5) is 0 Å². The summed E-state index contributed by atoms with van der Waals surface area (Å²) >= 11 is 0. The molecule has 0 amide bonds. The summed E-state index contributed by atoms with van der Waals surface area (Å²) in [4.78, 5) is 25.8. The van der Waals surface area contributed by atoms with Gasteiger partial charge in [0.25, 0.3) is 0 Å². The predicted molar refractivity (Wildman–Crippen MR) is 103 cm³/mol. The monoisotopic (exact) mass is 372 g/mol. The SMILES string of the molecule is CC(C)C(=O)C1=C(O)C2=C(O[C@@]3(CC2)CC[C@@]2(C(C)C)C[C@@H]32)C(C)(C)C1=O. The summed E-state index contributed by atoms with van der Waals surface area (Å²) in [6.45, 7) is 11.8. The van der Waals surface area contributed by atoms with Gasteiger partial charge in [0, 0.05) is 17.4 Å². The molecule has 4 nitrogen and oxygen atoms in total. The zero-order valence-electron chi connectivity index (χ0n) is 17.4. The average Bonchev–Trinajstić information content (AvgIpc) is 3.29. The lowest BCUT2D eigenvalue weighted by Crippen LogP contribution is -2.45. The van der Waals surface area contributed by atoms with Crippen molar-refractivity contribution in [1.82, 2.24) is 0 Å². The van der Waals surface area contributed by atoms with Crippen LogP contribution in [0.1, 0.15) is 73.6 Å². The molecule has 0 unspecified atom stereocenters. The first-order chi connectivity index (χ1) is 12.5. The van der Waals surface area contributed by atoms with Crippen molar-refractivity contribution in [2.75, 3.05) is 0 Å². The van der Waals surface area contributed by atoms with Gasteiger partial charge in [-0.3, -0.25) is 9.59 Å². The van der Waals surface area contributed by atoms with Crippen molar-refractivity contribution in [2.45, 2.75) is 79.2 Å². The smallest absolute Gasteiger partial charge is 0.183 e. The molecule has 0 aromatic rings. The van der Waals surface area contributed by atoms with Gasteiger partial charge in [-0.1, -0.05) is 27.7 Å². The van der Waals surface area contributed by atoms with Gasteiger partial charge in [0.15, 0.2) is 11.6 Å². The summed E-state index contributed by atoms with van der Waals surface area (Å²) in [6.07, 6.45) is 4.96. The van der Waals surface area contributed by atoms with Crippen LogP contribution in [0.25, 0.3) is 0 Å².